The molecule has 1 unspecified atom stereocenters. The molecule has 0 aromatic heterocycles. The third-order valence-corrected chi connectivity index (χ3v) is 3.56. The number of aliphatic hydroxyl groups excluding tert-OH is 1. The van der Waals surface area contributed by atoms with Gasteiger partial charge >= 0.3 is 0 Å². The number of benzene rings is 2. The van der Waals surface area contributed by atoms with Crippen molar-refractivity contribution in [3.05, 3.63) is 64.5 Å². The first kappa shape index (κ1) is 19.6. The van der Waals surface area contributed by atoms with E-state index in [1.54, 1.807) is 31.3 Å². The lowest BCUT2D eigenvalue weighted by atomic mass is 10.3. The van der Waals surface area contributed by atoms with Gasteiger partial charge in [0.25, 0.3) is 5.69 Å². The zero-order valence-corrected chi connectivity index (χ0v) is 14.4. The molecule has 26 heavy (non-hydrogen) atoms. The van der Waals surface area contributed by atoms with Gasteiger partial charge in [0, 0.05) is 19.2 Å². The predicted molar refractivity (Wildman–Crippen MR) is 94.0 cm³/mol. The zero-order valence-electron chi connectivity index (χ0n) is 14.4. The Balaban J connectivity index is 1.70. The van der Waals surface area contributed by atoms with E-state index >= 15 is 0 Å². The van der Waals surface area contributed by atoms with Gasteiger partial charge in [-0.3, -0.25) is 10.1 Å². The van der Waals surface area contributed by atoms with Gasteiger partial charge in [-0.15, -0.1) is 0 Å². The monoisotopic (exact) mass is 364 g/mol. The number of para-hydroxylation sites is 1. The number of halogens is 1. The zero-order chi connectivity index (χ0) is 18.9. The van der Waals surface area contributed by atoms with E-state index in [0.717, 1.165) is 0 Å². The molecule has 2 aromatic carbocycles. The van der Waals surface area contributed by atoms with E-state index in [4.69, 9.17) is 9.47 Å². The first-order valence-corrected chi connectivity index (χ1v) is 8.07. The van der Waals surface area contributed by atoms with E-state index in [1.807, 2.05) is 4.90 Å². The van der Waals surface area contributed by atoms with Gasteiger partial charge < -0.3 is 19.5 Å². The maximum absolute atomic E-state index is 13.4. The minimum Gasteiger partial charge on any atom is -0.491 e. The Kier molecular flexibility index (Phi) is 7.31. The molecule has 0 saturated heterocycles. The fourth-order valence-electron chi connectivity index (χ4n) is 2.26. The van der Waals surface area contributed by atoms with Crippen LogP contribution in [0.5, 0.6) is 11.5 Å². The number of nitrogens with zero attached hydrogens (tertiary/aromatic N) is 2. The summed E-state index contributed by atoms with van der Waals surface area (Å²) in [5.41, 5.74) is -0.0700. The van der Waals surface area contributed by atoms with Crippen molar-refractivity contribution in [3.63, 3.8) is 0 Å². The van der Waals surface area contributed by atoms with Crippen LogP contribution in [0.4, 0.5) is 10.1 Å². The number of aliphatic hydroxyl groups is 1. The molecule has 0 aliphatic heterocycles. The number of nitro benzene ring substituents is 1. The number of nitro groups is 1. The van der Waals surface area contributed by atoms with Crippen LogP contribution in [0.25, 0.3) is 0 Å². The molecule has 0 radical (unpaired) electrons. The molecule has 1 atom stereocenters. The average Bonchev–Trinajstić information content (AvgIpc) is 2.62. The minimum atomic E-state index is -0.785. The van der Waals surface area contributed by atoms with E-state index in [1.165, 1.54) is 24.3 Å². The quantitative estimate of drug-likeness (QED) is 0.515. The summed E-state index contributed by atoms with van der Waals surface area (Å²) in [6.45, 7) is 1.08. The Bertz CT molecular complexity index is 728. The Morgan fingerprint density at radius 1 is 1.23 bits per heavy atom. The molecule has 0 aliphatic rings. The normalized spacial score (nSPS) is 12.0. The van der Waals surface area contributed by atoms with E-state index in [0.29, 0.717) is 18.8 Å². The SMILES string of the molecule is CN(CCOc1ccccc1F)CC(O)COc1cccc([N+](=O)[O-])c1. The van der Waals surface area contributed by atoms with Crippen LogP contribution in [0.15, 0.2) is 48.5 Å². The van der Waals surface area contributed by atoms with Crippen molar-refractivity contribution in [2.45, 2.75) is 6.10 Å². The molecule has 0 fully saturated rings. The van der Waals surface area contributed by atoms with E-state index < -0.39 is 16.8 Å². The lowest BCUT2D eigenvalue weighted by Gasteiger charge is -2.21. The van der Waals surface area contributed by atoms with Crippen LogP contribution in [-0.2, 0) is 0 Å². The van der Waals surface area contributed by atoms with Gasteiger partial charge in [0.05, 0.1) is 11.0 Å². The van der Waals surface area contributed by atoms with Gasteiger partial charge in [-0.1, -0.05) is 18.2 Å². The molecule has 7 nitrogen and oxygen atoms in total. The molecule has 0 heterocycles. The summed E-state index contributed by atoms with van der Waals surface area (Å²) in [4.78, 5) is 12.0. The summed E-state index contributed by atoms with van der Waals surface area (Å²) in [6, 6.07) is 11.9. The molecular formula is C18H21FN2O5. The van der Waals surface area contributed by atoms with Gasteiger partial charge in [-0.05, 0) is 25.2 Å². The van der Waals surface area contributed by atoms with Crippen LogP contribution in [0.3, 0.4) is 0 Å². The molecule has 8 heteroatoms. The lowest BCUT2D eigenvalue weighted by molar-refractivity contribution is -0.384. The molecule has 2 aromatic rings. The third-order valence-electron chi connectivity index (χ3n) is 3.56. The number of hydrogen-bond donors (Lipinski definition) is 1. The standard InChI is InChI=1S/C18H21FN2O5/c1-20(9-10-25-18-8-3-2-7-17(18)19)12-15(22)13-26-16-6-4-5-14(11-16)21(23)24/h2-8,11,15,22H,9-10,12-13H2,1H3. The van der Waals surface area contributed by atoms with Gasteiger partial charge in [-0.25, -0.2) is 4.39 Å². The predicted octanol–water partition coefficient (Wildman–Crippen LogP) is 2.48. The second kappa shape index (κ2) is 9.69. The van der Waals surface area contributed by atoms with Gasteiger partial charge in [0.15, 0.2) is 11.6 Å². The van der Waals surface area contributed by atoms with Crippen LogP contribution in [0.1, 0.15) is 0 Å². The molecule has 0 amide bonds. The van der Waals surface area contributed by atoms with Crippen molar-refractivity contribution in [3.8, 4) is 11.5 Å². The van der Waals surface area contributed by atoms with Crippen molar-refractivity contribution < 1.29 is 23.9 Å². The molecule has 0 bridgehead atoms. The van der Waals surface area contributed by atoms with Crippen LogP contribution in [0, 0.1) is 15.9 Å². The van der Waals surface area contributed by atoms with Crippen LogP contribution < -0.4 is 9.47 Å². The minimum absolute atomic E-state index is 0.000319. The van der Waals surface area contributed by atoms with E-state index in [9.17, 15) is 19.6 Å². The molecular weight excluding hydrogens is 343 g/mol. The second-order valence-electron chi connectivity index (χ2n) is 5.76. The molecule has 0 spiro atoms. The molecule has 2 rings (SSSR count). The summed E-state index contributed by atoms with van der Waals surface area (Å²) in [5.74, 6) is 0.0970. The Labute approximate surface area is 150 Å². The average molecular weight is 364 g/mol. The first-order chi connectivity index (χ1) is 12.5. The largest absolute Gasteiger partial charge is 0.491 e. The van der Waals surface area contributed by atoms with Crippen LogP contribution in [-0.4, -0.2) is 54.4 Å². The molecule has 140 valence electrons. The summed E-state index contributed by atoms with van der Waals surface area (Å²) in [6.07, 6.45) is -0.785. The van der Waals surface area contributed by atoms with Crippen LogP contribution >= 0.6 is 0 Å². The first-order valence-electron chi connectivity index (χ1n) is 8.07. The molecule has 0 saturated carbocycles. The van der Waals surface area contributed by atoms with Gasteiger partial charge in [-0.2, -0.15) is 0 Å². The number of non-ortho nitro benzene ring substituents is 1. The summed E-state index contributed by atoms with van der Waals surface area (Å²) in [5, 5.41) is 20.7. The highest BCUT2D eigenvalue weighted by Crippen LogP contribution is 2.19. The maximum Gasteiger partial charge on any atom is 0.273 e. The highest BCUT2D eigenvalue weighted by Gasteiger charge is 2.11. The Morgan fingerprint density at radius 3 is 2.73 bits per heavy atom. The maximum atomic E-state index is 13.4. The summed E-state index contributed by atoms with van der Waals surface area (Å²) in [7, 11) is 1.79. The fraction of sp³-hybridized carbons (Fsp3) is 0.333. The number of hydrogen-bond acceptors (Lipinski definition) is 6. The summed E-state index contributed by atoms with van der Waals surface area (Å²) < 4.78 is 24.2. The second-order valence-corrected chi connectivity index (χ2v) is 5.76. The fourth-order valence-corrected chi connectivity index (χ4v) is 2.26. The Hall–Kier alpha value is -2.71. The van der Waals surface area contributed by atoms with Crippen molar-refractivity contribution >= 4 is 5.69 Å². The highest BCUT2D eigenvalue weighted by molar-refractivity contribution is 5.37. The molecule has 1 N–H and O–H groups in total. The topological polar surface area (TPSA) is 85.1 Å². The van der Waals surface area contributed by atoms with Crippen LogP contribution in [0.2, 0.25) is 0 Å². The van der Waals surface area contributed by atoms with Crippen molar-refractivity contribution in [1.29, 1.82) is 0 Å². The van der Waals surface area contributed by atoms with E-state index in [2.05, 4.69) is 0 Å². The van der Waals surface area contributed by atoms with Crippen molar-refractivity contribution in [2.75, 3.05) is 33.4 Å². The third kappa shape index (κ3) is 6.30. The van der Waals surface area contributed by atoms with Crippen molar-refractivity contribution in [2.24, 2.45) is 0 Å². The Morgan fingerprint density at radius 2 is 2.00 bits per heavy atom. The smallest absolute Gasteiger partial charge is 0.273 e. The number of ether oxygens (including phenoxy) is 2. The number of rotatable bonds is 10. The summed E-state index contributed by atoms with van der Waals surface area (Å²) >= 11 is 0. The van der Waals surface area contributed by atoms with Crippen molar-refractivity contribution in [1.82, 2.24) is 4.90 Å². The van der Waals surface area contributed by atoms with Gasteiger partial charge in [0.2, 0.25) is 0 Å². The lowest BCUT2D eigenvalue weighted by Crippen LogP contribution is -2.35. The van der Waals surface area contributed by atoms with E-state index in [-0.39, 0.29) is 24.7 Å². The highest BCUT2D eigenvalue weighted by atomic mass is 19.1. The molecule has 0 aliphatic carbocycles. The van der Waals surface area contributed by atoms with Gasteiger partial charge in [0.1, 0.15) is 25.1 Å². The number of likely N-dealkylation sites (N-methyl/N-ethyl adjacent to an activating group) is 1.